The SMILES string of the molecule is CC(C)Cn1cnc2ccc(NC(=O)C[C@H]3NC(=O)c4ccccc4NC3=O)cc2c1=O. The summed E-state index contributed by atoms with van der Waals surface area (Å²) in [6.07, 6.45) is 1.27. The monoisotopic (exact) mass is 433 g/mol. The first kappa shape index (κ1) is 21.2. The van der Waals surface area contributed by atoms with Crippen LogP contribution >= 0.6 is 0 Å². The molecule has 1 aromatic heterocycles. The molecule has 3 aromatic rings. The van der Waals surface area contributed by atoms with Gasteiger partial charge in [-0.25, -0.2) is 4.98 Å². The Hall–Kier alpha value is -4.01. The van der Waals surface area contributed by atoms with E-state index in [4.69, 9.17) is 0 Å². The maximum atomic E-state index is 12.8. The zero-order chi connectivity index (χ0) is 22.8. The van der Waals surface area contributed by atoms with E-state index in [1.165, 1.54) is 6.33 Å². The van der Waals surface area contributed by atoms with Gasteiger partial charge in [-0.15, -0.1) is 0 Å². The summed E-state index contributed by atoms with van der Waals surface area (Å²) in [6.45, 7) is 4.56. The Labute approximate surface area is 183 Å². The molecule has 164 valence electrons. The third-order valence-electron chi connectivity index (χ3n) is 5.11. The lowest BCUT2D eigenvalue weighted by Crippen LogP contribution is -2.43. The van der Waals surface area contributed by atoms with Crippen molar-refractivity contribution in [1.29, 1.82) is 0 Å². The number of aromatic nitrogens is 2. The number of nitrogens with one attached hydrogen (secondary N) is 3. The van der Waals surface area contributed by atoms with Gasteiger partial charge in [0.2, 0.25) is 11.8 Å². The number of carbonyl (C=O) groups excluding carboxylic acids is 3. The molecule has 0 radical (unpaired) electrons. The zero-order valence-electron chi connectivity index (χ0n) is 17.7. The molecule has 0 saturated heterocycles. The maximum absolute atomic E-state index is 12.8. The second-order valence-electron chi connectivity index (χ2n) is 8.14. The van der Waals surface area contributed by atoms with E-state index < -0.39 is 23.8 Å². The van der Waals surface area contributed by atoms with Gasteiger partial charge < -0.3 is 16.0 Å². The average molecular weight is 433 g/mol. The molecule has 9 nitrogen and oxygen atoms in total. The fourth-order valence-electron chi connectivity index (χ4n) is 3.61. The summed E-state index contributed by atoms with van der Waals surface area (Å²) in [5, 5.41) is 8.35. The Balaban J connectivity index is 1.50. The predicted molar refractivity (Wildman–Crippen MR) is 120 cm³/mol. The fourth-order valence-corrected chi connectivity index (χ4v) is 3.61. The standard InChI is InChI=1S/C23H23N5O4/c1-13(2)11-28-12-24-17-8-7-14(9-16(17)23(28)32)25-20(29)10-19-22(31)26-18-6-4-3-5-15(18)21(30)27-19/h3-9,12-13,19H,10-11H2,1-2H3,(H,25,29)(H,26,31)(H,27,30)/t19-/m1/s1. The highest BCUT2D eigenvalue weighted by atomic mass is 16.2. The normalized spacial score (nSPS) is 15.7. The van der Waals surface area contributed by atoms with Crippen molar-refractivity contribution in [3.05, 3.63) is 64.7 Å². The second kappa shape index (κ2) is 8.62. The van der Waals surface area contributed by atoms with Crippen LogP contribution in [0.5, 0.6) is 0 Å². The number of anilines is 2. The lowest BCUT2D eigenvalue weighted by Gasteiger charge is -2.14. The van der Waals surface area contributed by atoms with Gasteiger partial charge in [0.25, 0.3) is 11.5 Å². The molecule has 1 aliphatic heterocycles. The number of carbonyl (C=O) groups is 3. The van der Waals surface area contributed by atoms with E-state index in [0.29, 0.717) is 34.4 Å². The fraction of sp³-hybridized carbons (Fsp3) is 0.261. The lowest BCUT2D eigenvalue weighted by molar-refractivity contribution is -0.122. The smallest absolute Gasteiger partial charge is 0.261 e. The molecule has 0 saturated carbocycles. The van der Waals surface area contributed by atoms with Crippen LogP contribution in [0.1, 0.15) is 30.6 Å². The third kappa shape index (κ3) is 4.36. The molecule has 0 unspecified atom stereocenters. The van der Waals surface area contributed by atoms with E-state index in [1.54, 1.807) is 47.0 Å². The average Bonchev–Trinajstić information content (AvgIpc) is 2.86. The van der Waals surface area contributed by atoms with E-state index >= 15 is 0 Å². The molecule has 3 N–H and O–H groups in total. The number of hydrogen-bond donors (Lipinski definition) is 3. The van der Waals surface area contributed by atoms with Crippen molar-refractivity contribution < 1.29 is 14.4 Å². The number of para-hydroxylation sites is 1. The van der Waals surface area contributed by atoms with Gasteiger partial charge in [-0.3, -0.25) is 23.7 Å². The first-order valence-corrected chi connectivity index (χ1v) is 10.3. The molecule has 0 spiro atoms. The summed E-state index contributed by atoms with van der Waals surface area (Å²) in [5.41, 5.74) is 1.49. The molecule has 3 amide bonds. The molecule has 0 aliphatic carbocycles. The van der Waals surface area contributed by atoms with Gasteiger partial charge >= 0.3 is 0 Å². The summed E-state index contributed by atoms with van der Waals surface area (Å²) in [7, 11) is 0. The summed E-state index contributed by atoms with van der Waals surface area (Å²) in [4.78, 5) is 54.6. The van der Waals surface area contributed by atoms with Crippen LogP contribution in [-0.4, -0.2) is 33.3 Å². The summed E-state index contributed by atoms with van der Waals surface area (Å²) < 4.78 is 1.54. The highest BCUT2D eigenvalue weighted by Gasteiger charge is 2.29. The first-order chi connectivity index (χ1) is 15.3. The van der Waals surface area contributed by atoms with Crippen molar-refractivity contribution in [1.82, 2.24) is 14.9 Å². The Morgan fingerprint density at radius 3 is 2.72 bits per heavy atom. The minimum absolute atomic E-state index is 0.187. The predicted octanol–water partition coefficient (Wildman–Crippen LogP) is 2.13. The van der Waals surface area contributed by atoms with Crippen molar-refractivity contribution in [2.75, 3.05) is 10.6 Å². The molecule has 0 fully saturated rings. The largest absolute Gasteiger partial charge is 0.340 e. The Morgan fingerprint density at radius 1 is 1.16 bits per heavy atom. The minimum Gasteiger partial charge on any atom is -0.340 e. The zero-order valence-corrected chi connectivity index (χ0v) is 17.7. The second-order valence-corrected chi connectivity index (χ2v) is 8.14. The van der Waals surface area contributed by atoms with Gasteiger partial charge in [0, 0.05) is 12.2 Å². The number of rotatable bonds is 5. The van der Waals surface area contributed by atoms with Crippen LogP contribution in [0, 0.1) is 5.92 Å². The van der Waals surface area contributed by atoms with Crippen molar-refractivity contribution in [2.24, 2.45) is 5.92 Å². The Kier molecular flexibility index (Phi) is 5.72. The Bertz CT molecular complexity index is 1280. The van der Waals surface area contributed by atoms with Crippen molar-refractivity contribution in [2.45, 2.75) is 32.9 Å². The highest BCUT2D eigenvalue weighted by Crippen LogP contribution is 2.20. The van der Waals surface area contributed by atoms with E-state index in [0.717, 1.165) is 0 Å². The minimum atomic E-state index is -1.03. The quantitative estimate of drug-likeness (QED) is 0.569. The molecule has 0 bridgehead atoms. The Morgan fingerprint density at radius 2 is 1.94 bits per heavy atom. The van der Waals surface area contributed by atoms with Gasteiger partial charge in [0.05, 0.1) is 34.9 Å². The first-order valence-electron chi connectivity index (χ1n) is 10.3. The highest BCUT2D eigenvalue weighted by molar-refractivity contribution is 6.11. The van der Waals surface area contributed by atoms with Crippen LogP contribution < -0.4 is 21.5 Å². The van der Waals surface area contributed by atoms with Crippen molar-refractivity contribution in [3.63, 3.8) is 0 Å². The molecule has 2 heterocycles. The molecule has 2 aromatic carbocycles. The molecular weight excluding hydrogens is 410 g/mol. The van der Waals surface area contributed by atoms with E-state index in [9.17, 15) is 19.2 Å². The van der Waals surface area contributed by atoms with Gasteiger partial charge in [-0.1, -0.05) is 26.0 Å². The number of nitrogens with zero attached hydrogens (tertiary/aromatic N) is 2. The van der Waals surface area contributed by atoms with Gasteiger partial charge in [-0.2, -0.15) is 0 Å². The molecule has 4 rings (SSSR count). The number of hydrogen-bond acceptors (Lipinski definition) is 5. The molecule has 1 aliphatic rings. The summed E-state index contributed by atoms with van der Waals surface area (Å²) >= 11 is 0. The molecule has 9 heteroatoms. The van der Waals surface area contributed by atoms with Gasteiger partial charge in [0.15, 0.2) is 0 Å². The van der Waals surface area contributed by atoms with E-state index in [2.05, 4.69) is 20.9 Å². The summed E-state index contributed by atoms with van der Waals surface area (Å²) in [5.74, 6) is -1.10. The van der Waals surface area contributed by atoms with Crippen molar-refractivity contribution >= 4 is 40.0 Å². The number of amides is 3. The molecule has 32 heavy (non-hydrogen) atoms. The van der Waals surface area contributed by atoms with Crippen LogP contribution in [0.25, 0.3) is 10.9 Å². The number of fused-ring (bicyclic) bond motifs is 2. The third-order valence-corrected chi connectivity index (χ3v) is 5.11. The lowest BCUT2D eigenvalue weighted by atomic mass is 10.1. The van der Waals surface area contributed by atoms with Crippen LogP contribution in [0.3, 0.4) is 0 Å². The van der Waals surface area contributed by atoms with Crippen LogP contribution in [0.15, 0.2) is 53.6 Å². The van der Waals surface area contributed by atoms with Crippen LogP contribution in [0.4, 0.5) is 11.4 Å². The topological polar surface area (TPSA) is 122 Å². The maximum Gasteiger partial charge on any atom is 0.261 e. The van der Waals surface area contributed by atoms with Gasteiger partial charge in [-0.05, 0) is 36.2 Å². The van der Waals surface area contributed by atoms with Gasteiger partial charge in [0.1, 0.15) is 6.04 Å². The molecule has 1 atom stereocenters. The van der Waals surface area contributed by atoms with E-state index in [-0.39, 0.29) is 17.9 Å². The van der Waals surface area contributed by atoms with Crippen LogP contribution in [-0.2, 0) is 16.1 Å². The van der Waals surface area contributed by atoms with Crippen molar-refractivity contribution in [3.8, 4) is 0 Å². The molecular formula is C23H23N5O4. The van der Waals surface area contributed by atoms with Crippen LogP contribution in [0.2, 0.25) is 0 Å². The van der Waals surface area contributed by atoms with E-state index in [1.807, 2.05) is 13.8 Å². The summed E-state index contributed by atoms with van der Waals surface area (Å²) in [6, 6.07) is 10.5. The number of benzene rings is 2.